The molecule has 0 aliphatic rings. The highest BCUT2D eigenvalue weighted by Crippen LogP contribution is 2.29. The maximum absolute atomic E-state index is 11.6. The number of hydrogen-bond acceptors (Lipinski definition) is 3. The number of aliphatic hydroxyl groups excluding tert-OH is 1. The van der Waals surface area contributed by atoms with Crippen LogP contribution < -0.4 is 5.32 Å². The van der Waals surface area contributed by atoms with E-state index in [0.29, 0.717) is 15.6 Å². The second-order valence-electron chi connectivity index (χ2n) is 3.77. The molecule has 1 aromatic rings. The van der Waals surface area contributed by atoms with Crippen LogP contribution in [0.15, 0.2) is 18.2 Å². The van der Waals surface area contributed by atoms with E-state index >= 15 is 0 Å². The van der Waals surface area contributed by atoms with Gasteiger partial charge in [-0.3, -0.25) is 4.79 Å². The number of rotatable bonds is 5. The molecule has 2 atom stereocenters. The molecule has 1 amide bonds. The van der Waals surface area contributed by atoms with Gasteiger partial charge in [0, 0.05) is 22.2 Å². The van der Waals surface area contributed by atoms with Crippen LogP contribution in [0.5, 0.6) is 0 Å². The van der Waals surface area contributed by atoms with Crippen molar-refractivity contribution < 1.29 is 9.90 Å². The molecule has 0 aromatic heterocycles. The minimum atomic E-state index is -0.913. The number of aliphatic hydroxyl groups is 1. The summed E-state index contributed by atoms with van der Waals surface area (Å²) >= 11 is 13.4. The van der Waals surface area contributed by atoms with Gasteiger partial charge < -0.3 is 10.4 Å². The van der Waals surface area contributed by atoms with Gasteiger partial charge in [-0.15, -0.1) is 0 Å². The highest BCUT2D eigenvalue weighted by molar-refractivity contribution is 7.99. The molecule has 0 saturated carbocycles. The van der Waals surface area contributed by atoms with E-state index in [1.54, 1.807) is 25.1 Å². The summed E-state index contributed by atoms with van der Waals surface area (Å²) in [6.45, 7) is 1.89. The lowest BCUT2D eigenvalue weighted by Crippen LogP contribution is -2.34. The predicted molar refractivity (Wildman–Crippen MR) is 77.4 cm³/mol. The fourth-order valence-corrected chi connectivity index (χ4v) is 2.33. The van der Waals surface area contributed by atoms with Crippen molar-refractivity contribution in [1.82, 2.24) is 5.32 Å². The molecule has 0 spiro atoms. The Balaban J connectivity index is 2.66. The maximum Gasteiger partial charge on any atom is 0.232 e. The summed E-state index contributed by atoms with van der Waals surface area (Å²) in [5.74, 6) is -0.121. The Morgan fingerprint density at radius 1 is 1.44 bits per heavy atom. The normalized spacial score (nSPS) is 14.1. The van der Waals surface area contributed by atoms with Crippen LogP contribution in [0.25, 0.3) is 0 Å². The lowest BCUT2D eigenvalue weighted by atomic mass is 10.1. The molecule has 1 aromatic carbocycles. The minimum absolute atomic E-state index is 0.0905. The van der Waals surface area contributed by atoms with Crippen molar-refractivity contribution >= 4 is 40.9 Å². The Hall–Kier alpha value is -0.420. The van der Waals surface area contributed by atoms with Gasteiger partial charge in [-0.1, -0.05) is 29.3 Å². The molecule has 0 radical (unpaired) electrons. The molecule has 0 bridgehead atoms. The summed E-state index contributed by atoms with van der Waals surface area (Å²) in [6.07, 6.45) is 0.940. The highest BCUT2D eigenvalue weighted by atomic mass is 35.5. The predicted octanol–water partition coefficient (Wildman–Crippen LogP) is 2.89. The van der Waals surface area contributed by atoms with Gasteiger partial charge in [0.15, 0.2) is 0 Å². The molecular formula is C12H15Cl2NO2S. The third-order valence-corrected chi connectivity index (χ3v) is 4.11. The quantitative estimate of drug-likeness (QED) is 0.879. The second kappa shape index (κ2) is 7.24. The van der Waals surface area contributed by atoms with Gasteiger partial charge in [0.25, 0.3) is 0 Å². The first-order valence-corrected chi connectivity index (χ1v) is 7.44. The number of halogens is 2. The molecule has 100 valence electrons. The van der Waals surface area contributed by atoms with Crippen LogP contribution in [-0.2, 0) is 4.79 Å². The van der Waals surface area contributed by atoms with Crippen LogP contribution in [-0.4, -0.2) is 29.1 Å². The van der Waals surface area contributed by atoms with Crippen molar-refractivity contribution in [2.45, 2.75) is 18.3 Å². The van der Waals surface area contributed by atoms with Crippen molar-refractivity contribution in [3.05, 3.63) is 33.8 Å². The van der Waals surface area contributed by atoms with Gasteiger partial charge in [0.1, 0.15) is 0 Å². The number of benzene rings is 1. The first-order chi connectivity index (χ1) is 8.47. The molecule has 3 nitrogen and oxygen atoms in total. The summed E-state index contributed by atoms with van der Waals surface area (Å²) < 4.78 is 0. The number of carbonyl (C=O) groups excluding carboxylic acids is 1. The van der Waals surface area contributed by atoms with Crippen LogP contribution in [0.1, 0.15) is 18.6 Å². The fourth-order valence-electron chi connectivity index (χ4n) is 1.38. The van der Waals surface area contributed by atoms with E-state index in [1.165, 1.54) is 11.8 Å². The summed E-state index contributed by atoms with van der Waals surface area (Å²) in [4.78, 5) is 11.6. The first kappa shape index (κ1) is 15.6. The second-order valence-corrected chi connectivity index (χ2v) is 5.77. The van der Waals surface area contributed by atoms with Gasteiger partial charge in [-0.05, 0) is 25.3 Å². The number of nitrogens with one attached hydrogen (secondary N) is 1. The van der Waals surface area contributed by atoms with Crippen molar-refractivity contribution in [1.29, 1.82) is 0 Å². The Morgan fingerprint density at radius 2 is 2.00 bits per heavy atom. The van der Waals surface area contributed by atoms with Crippen LogP contribution >= 0.6 is 35.0 Å². The summed E-state index contributed by atoms with van der Waals surface area (Å²) in [6, 6.07) is 5.01. The van der Waals surface area contributed by atoms with Gasteiger partial charge in [-0.25, -0.2) is 0 Å². The zero-order chi connectivity index (χ0) is 13.7. The molecule has 1 rings (SSSR count). The van der Waals surface area contributed by atoms with E-state index < -0.39 is 6.10 Å². The molecule has 0 fully saturated rings. The summed E-state index contributed by atoms with van der Waals surface area (Å²) in [5, 5.41) is 13.3. The fraction of sp³-hybridized carbons (Fsp3) is 0.417. The molecule has 6 heteroatoms. The number of hydrogen-bond donors (Lipinski definition) is 2. The lowest BCUT2D eigenvalue weighted by Gasteiger charge is -2.16. The van der Waals surface area contributed by atoms with E-state index in [1.807, 2.05) is 6.26 Å². The summed E-state index contributed by atoms with van der Waals surface area (Å²) in [7, 11) is 0. The Morgan fingerprint density at radius 3 is 2.50 bits per heavy atom. The monoisotopic (exact) mass is 307 g/mol. The van der Waals surface area contributed by atoms with Crippen molar-refractivity contribution in [3.63, 3.8) is 0 Å². The first-order valence-electron chi connectivity index (χ1n) is 5.39. The third-order valence-electron chi connectivity index (χ3n) is 2.53. The van der Waals surface area contributed by atoms with Crippen LogP contribution in [0.2, 0.25) is 10.0 Å². The Labute approximate surface area is 121 Å². The van der Waals surface area contributed by atoms with E-state index in [-0.39, 0.29) is 17.7 Å². The molecular weight excluding hydrogens is 293 g/mol. The number of thioether (sulfide) groups is 1. The van der Waals surface area contributed by atoms with Crippen molar-refractivity contribution in [2.75, 3.05) is 12.8 Å². The van der Waals surface area contributed by atoms with E-state index in [9.17, 15) is 9.90 Å². The maximum atomic E-state index is 11.6. The molecule has 0 unspecified atom stereocenters. The van der Waals surface area contributed by atoms with Crippen LogP contribution in [0.4, 0.5) is 0 Å². The van der Waals surface area contributed by atoms with Gasteiger partial charge in [0.05, 0.1) is 11.4 Å². The standard InChI is InChI=1S/C12H15Cl2NO2S/c1-7(18-2)12(17)15-6-10(16)11-8(13)4-3-5-9(11)14/h3-5,7,10,16H,6H2,1-2H3,(H,15,17)/t7-,10-/m0/s1. The Kier molecular flexibility index (Phi) is 6.29. The topological polar surface area (TPSA) is 49.3 Å². The SMILES string of the molecule is CS[C@@H](C)C(=O)NC[C@H](O)c1c(Cl)cccc1Cl. The van der Waals surface area contributed by atoms with E-state index in [4.69, 9.17) is 23.2 Å². The van der Waals surface area contributed by atoms with Crippen LogP contribution in [0, 0.1) is 0 Å². The molecule has 2 N–H and O–H groups in total. The smallest absolute Gasteiger partial charge is 0.232 e. The van der Waals surface area contributed by atoms with E-state index in [0.717, 1.165) is 0 Å². The van der Waals surface area contributed by atoms with E-state index in [2.05, 4.69) is 5.32 Å². The van der Waals surface area contributed by atoms with Gasteiger partial charge in [-0.2, -0.15) is 11.8 Å². The van der Waals surface area contributed by atoms with Crippen LogP contribution in [0.3, 0.4) is 0 Å². The molecule has 0 heterocycles. The average Bonchev–Trinajstić information content (AvgIpc) is 2.34. The zero-order valence-corrected chi connectivity index (χ0v) is 12.4. The summed E-state index contributed by atoms with van der Waals surface area (Å²) in [5.41, 5.74) is 0.443. The average molecular weight is 308 g/mol. The molecule has 0 saturated heterocycles. The highest BCUT2D eigenvalue weighted by Gasteiger charge is 2.17. The van der Waals surface area contributed by atoms with Crippen molar-refractivity contribution in [2.24, 2.45) is 0 Å². The van der Waals surface area contributed by atoms with Crippen molar-refractivity contribution in [3.8, 4) is 0 Å². The number of amides is 1. The lowest BCUT2D eigenvalue weighted by molar-refractivity contribution is -0.120. The Bertz CT molecular complexity index is 408. The number of carbonyl (C=O) groups is 1. The van der Waals surface area contributed by atoms with Gasteiger partial charge in [0.2, 0.25) is 5.91 Å². The molecule has 18 heavy (non-hydrogen) atoms. The molecule has 0 aliphatic heterocycles. The minimum Gasteiger partial charge on any atom is -0.386 e. The largest absolute Gasteiger partial charge is 0.386 e. The van der Waals surface area contributed by atoms with Gasteiger partial charge >= 0.3 is 0 Å². The molecule has 0 aliphatic carbocycles. The zero-order valence-electron chi connectivity index (χ0n) is 10.1. The third kappa shape index (κ3) is 4.05.